The van der Waals surface area contributed by atoms with Gasteiger partial charge in [0.15, 0.2) is 0 Å². The second-order valence-corrected chi connectivity index (χ2v) is 5.73. The highest BCUT2D eigenvalue weighted by molar-refractivity contribution is 7.99. The van der Waals surface area contributed by atoms with E-state index >= 15 is 0 Å². The Hall–Kier alpha value is -1.39. The number of rotatable bonds is 5. The third kappa shape index (κ3) is 3.81. The number of thioether (sulfide) groups is 1. The molecule has 0 fully saturated rings. The summed E-state index contributed by atoms with van der Waals surface area (Å²) in [5.74, 6) is -0.371. The zero-order chi connectivity index (χ0) is 14.5. The molecule has 0 saturated carbocycles. The summed E-state index contributed by atoms with van der Waals surface area (Å²) in [6.45, 7) is 2.04. The average molecular weight is 293 g/mol. The minimum absolute atomic E-state index is 0.152. The van der Waals surface area contributed by atoms with Gasteiger partial charge in [-0.05, 0) is 32.2 Å². The van der Waals surface area contributed by atoms with Crippen molar-refractivity contribution in [3.05, 3.63) is 65.2 Å². The first-order valence-electron chi connectivity index (χ1n) is 6.42. The lowest BCUT2D eigenvalue weighted by molar-refractivity contribution is 0.545. The van der Waals surface area contributed by atoms with Gasteiger partial charge in [0.2, 0.25) is 0 Å². The van der Waals surface area contributed by atoms with Crippen LogP contribution in [-0.4, -0.2) is 12.8 Å². The fourth-order valence-electron chi connectivity index (χ4n) is 2.00. The highest BCUT2D eigenvalue weighted by atomic mass is 32.2. The van der Waals surface area contributed by atoms with Crippen LogP contribution in [0.15, 0.2) is 47.4 Å². The number of nitrogens with one attached hydrogen (secondary N) is 1. The van der Waals surface area contributed by atoms with Crippen molar-refractivity contribution in [2.45, 2.75) is 17.9 Å². The molecule has 0 spiro atoms. The van der Waals surface area contributed by atoms with Crippen molar-refractivity contribution in [2.75, 3.05) is 12.8 Å². The van der Waals surface area contributed by atoms with Crippen LogP contribution in [0.4, 0.5) is 8.78 Å². The molecule has 4 heteroatoms. The Morgan fingerprint density at radius 2 is 1.95 bits per heavy atom. The van der Waals surface area contributed by atoms with Crippen molar-refractivity contribution in [3.63, 3.8) is 0 Å². The van der Waals surface area contributed by atoms with Crippen LogP contribution in [0.3, 0.4) is 0 Å². The van der Waals surface area contributed by atoms with Gasteiger partial charge in [-0.2, -0.15) is 0 Å². The summed E-state index contributed by atoms with van der Waals surface area (Å²) in [7, 11) is 1.78. The Labute approximate surface area is 122 Å². The molecule has 2 aromatic carbocycles. The van der Waals surface area contributed by atoms with Crippen molar-refractivity contribution in [1.82, 2.24) is 5.32 Å². The first-order valence-corrected chi connectivity index (χ1v) is 7.40. The minimum atomic E-state index is -0.549. The molecule has 0 heterocycles. The highest BCUT2D eigenvalue weighted by Crippen LogP contribution is 2.26. The maximum absolute atomic E-state index is 13.8. The van der Waals surface area contributed by atoms with Crippen LogP contribution in [0, 0.1) is 18.6 Å². The molecule has 2 rings (SSSR count). The quantitative estimate of drug-likeness (QED) is 0.824. The lowest BCUT2D eigenvalue weighted by Crippen LogP contribution is -2.20. The molecule has 1 atom stereocenters. The van der Waals surface area contributed by atoms with Gasteiger partial charge in [-0.1, -0.05) is 23.8 Å². The Kier molecular flexibility index (Phi) is 5.15. The molecule has 0 aliphatic heterocycles. The van der Waals surface area contributed by atoms with Crippen molar-refractivity contribution >= 4 is 11.8 Å². The van der Waals surface area contributed by atoms with Gasteiger partial charge in [0, 0.05) is 28.3 Å². The standard InChI is InChI=1S/C16H17F2NS/c1-11-4-3-5-13(8-11)20-10-16(19-2)14-7-6-12(17)9-15(14)18/h3-9,16,19H,10H2,1-2H3. The molecule has 106 valence electrons. The molecular weight excluding hydrogens is 276 g/mol. The van der Waals surface area contributed by atoms with Gasteiger partial charge >= 0.3 is 0 Å². The maximum Gasteiger partial charge on any atom is 0.130 e. The van der Waals surface area contributed by atoms with Crippen LogP contribution in [0.5, 0.6) is 0 Å². The van der Waals surface area contributed by atoms with E-state index in [1.54, 1.807) is 18.8 Å². The van der Waals surface area contributed by atoms with Crippen molar-refractivity contribution in [1.29, 1.82) is 0 Å². The van der Waals surface area contributed by atoms with E-state index in [1.165, 1.54) is 17.7 Å². The van der Waals surface area contributed by atoms with E-state index in [4.69, 9.17) is 0 Å². The molecule has 0 saturated heterocycles. The van der Waals surface area contributed by atoms with Crippen LogP contribution >= 0.6 is 11.8 Å². The SMILES string of the molecule is CNC(CSc1cccc(C)c1)c1ccc(F)cc1F. The molecule has 0 aliphatic carbocycles. The molecule has 0 bridgehead atoms. The van der Waals surface area contributed by atoms with E-state index < -0.39 is 11.6 Å². The molecule has 0 amide bonds. The summed E-state index contributed by atoms with van der Waals surface area (Å²) >= 11 is 1.65. The van der Waals surface area contributed by atoms with Gasteiger partial charge in [-0.3, -0.25) is 0 Å². The summed E-state index contributed by atoms with van der Waals surface area (Å²) in [6, 6.07) is 11.7. The predicted molar refractivity (Wildman–Crippen MR) is 80.1 cm³/mol. The van der Waals surface area contributed by atoms with Gasteiger partial charge in [-0.25, -0.2) is 8.78 Å². The Bertz CT molecular complexity index is 586. The second kappa shape index (κ2) is 6.86. The fourth-order valence-corrected chi connectivity index (χ4v) is 3.15. The van der Waals surface area contributed by atoms with Crippen LogP contribution in [0.25, 0.3) is 0 Å². The number of aryl methyl sites for hydroxylation is 1. The minimum Gasteiger partial charge on any atom is -0.312 e. The third-order valence-corrected chi connectivity index (χ3v) is 4.18. The molecule has 1 nitrogen and oxygen atoms in total. The summed E-state index contributed by atoms with van der Waals surface area (Å²) in [5, 5.41) is 3.08. The summed E-state index contributed by atoms with van der Waals surface area (Å²) in [6.07, 6.45) is 0. The molecule has 0 aromatic heterocycles. The number of halogens is 2. The van der Waals surface area contributed by atoms with Crippen molar-refractivity contribution in [3.8, 4) is 0 Å². The molecule has 0 radical (unpaired) electrons. The van der Waals surface area contributed by atoms with E-state index in [1.807, 2.05) is 25.1 Å². The molecule has 2 aromatic rings. The van der Waals surface area contributed by atoms with E-state index in [2.05, 4.69) is 11.4 Å². The zero-order valence-corrected chi connectivity index (χ0v) is 12.3. The van der Waals surface area contributed by atoms with E-state index in [-0.39, 0.29) is 6.04 Å². The Balaban J connectivity index is 2.09. The number of hydrogen-bond acceptors (Lipinski definition) is 2. The molecular formula is C16H17F2NS. The lowest BCUT2D eigenvalue weighted by Gasteiger charge is -2.17. The monoisotopic (exact) mass is 293 g/mol. The Morgan fingerprint density at radius 1 is 1.15 bits per heavy atom. The topological polar surface area (TPSA) is 12.0 Å². The number of hydrogen-bond donors (Lipinski definition) is 1. The van der Waals surface area contributed by atoms with Gasteiger partial charge in [0.25, 0.3) is 0 Å². The highest BCUT2D eigenvalue weighted by Gasteiger charge is 2.15. The smallest absolute Gasteiger partial charge is 0.130 e. The molecule has 20 heavy (non-hydrogen) atoms. The summed E-state index contributed by atoms with van der Waals surface area (Å²) in [4.78, 5) is 1.15. The van der Waals surface area contributed by atoms with Crippen LogP contribution < -0.4 is 5.32 Å². The Morgan fingerprint density at radius 3 is 2.60 bits per heavy atom. The first-order chi connectivity index (χ1) is 9.60. The molecule has 0 aliphatic rings. The van der Waals surface area contributed by atoms with Crippen LogP contribution in [-0.2, 0) is 0 Å². The van der Waals surface area contributed by atoms with E-state index in [0.29, 0.717) is 11.3 Å². The maximum atomic E-state index is 13.8. The number of benzene rings is 2. The normalized spacial score (nSPS) is 12.4. The predicted octanol–water partition coefficient (Wildman–Crippen LogP) is 4.33. The zero-order valence-electron chi connectivity index (χ0n) is 11.5. The summed E-state index contributed by atoms with van der Waals surface area (Å²) < 4.78 is 26.7. The summed E-state index contributed by atoms with van der Waals surface area (Å²) in [5.41, 5.74) is 1.69. The van der Waals surface area contributed by atoms with E-state index in [9.17, 15) is 8.78 Å². The first kappa shape index (κ1) is 15.0. The van der Waals surface area contributed by atoms with E-state index in [0.717, 1.165) is 11.0 Å². The third-order valence-electron chi connectivity index (χ3n) is 3.09. The average Bonchev–Trinajstić information content (AvgIpc) is 2.41. The van der Waals surface area contributed by atoms with Gasteiger partial charge in [0.1, 0.15) is 11.6 Å². The lowest BCUT2D eigenvalue weighted by atomic mass is 10.1. The molecule has 1 N–H and O–H groups in total. The van der Waals surface area contributed by atoms with Crippen molar-refractivity contribution in [2.24, 2.45) is 0 Å². The van der Waals surface area contributed by atoms with Crippen LogP contribution in [0.1, 0.15) is 17.2 Å². The van der Waals surface area contributed by atoms with Crippen LogP contribution in [0.2, 0.25) is 0 Å². The largest absolute Gasteiger partial charge is 0.312 e. The second-order valence-electron chi connectivity index (χ2n) is 4.63. The van der Waals surface area contributed by atoms with Gasteiger partial charge < -0.3 is 5.32 Å². The van der Waals surface area contributed by atoms with Gasteiger partial charge in [0.05, 0.1) is 0 Å². The van der Waals surface area contributed by atoms with Crippen molar-refractivity contribution < 1.29 is 8.78 Å². The fraction of sp³-hybridized carbons (Fsp3) is 0.250. The van der Waals surface area contributed by atoms with Gasteiger partial charge in [-0.15, -0.1) is 11.8 Å². The molecule has 1 unspecified atom stereocenters.